The van der Waals surface area contributed by atoms with Gasteiger partial charge in [0.15, 0.2) is 6.10 Å². The summed E-state index contributed by atoms with van der Waals surface area (Å²) in [6.07, 6.45) is 0.224. The van der Waals surface area contributed by atoms with Crippen LogP contribution in [-0.2, 0) is 14.3 Å². The maximum absolute atomic E-state index is 12.4. The smallest absolute Gasteiger partial charge is 0.329 e. The minimum Gasteiger partial charge on any atom is -0.480 e. The summed E-state index contributed by atoms with van der Waals surface area (Å²) in [6.45, 7) is 5.56. The van der Waals surface area contributed by atoms with Gasteiger partial charge in [0.1, 0.15) is 5.54 Å². The summed E-state index contributed by atoms with van der Waals surface area (Å²) in [4.78, 5) is 23.8. The van der Waals surface area contributed by atoms with Gasteiger partial charge < -0.3 is 15.2 Å². The fraction of sp³-hybridized carbons (Fsp3) is 0.500. The lowest BCUT2D eigenvalue weighted by Gasteiger charge is -2.28. The minimum atomic E-state index is -1.28. The first-order valence-corrected chi connectivity index (χ1v) is 7.16. The van der Waals surface area contributed by atoms with Crippen molar-refractivity contribution < 1.29 is 19.4 Å². The SMILES string of the molecule is CCCC(C)(NC(=O)C(OCC)c1ccccc1)C(=O)O. The molecule has 0 aliphatic heterocycles. The van der Waals surface area contributed by atoms with Crippen molar-refractivity contribution in [3.63, 3.8) is 0 Å². The van der Waals surface area contributed by atoms with Crippen molar-refractivity contribution in [2.45, 2.75) is 45.3 Å². The number of aliphatic carboxylic acids is 1. The first-order chi connectivity index (χ1) is 9.94. The Hall–Kier alpha value is -1.88. The Morgan fingerprint density at radius 1 is 1.29 bits per heavy atom. The summed E-state index contributed by atoms with van der Waals surface area (Å²) in [7, 11) is 0. The highest BCUT2D eigenvalue weighted by Gasteiger charge is 2.36. The lowest BCUT2D eigenvalue weighted by molar-refractivity contribution is -0.149. The van der Waals surface area contributed by atoms with Crippen LogP contribution in [0, 0.1) is 0 Å². The second-order valence-electron chi connectivity index (χ2n) is 5.12. The van der Waals surface area contributed by atoms with E-state index in [1.54, 1.807) is 19.1 Å². The van der Waals surface area contributed by atoms with E-state index in [4.69, 9.17) is 4.74 Å². The number of hydrogen-bond donors (Lipinski definition) is 2. The molecule has 5 nitrogen and oxygen atoms in total. The highest BCUT2D eigenvalue weighted by molar-refractivity contribution is 5.89. The number of rotatable bonds is 8. The maximum Gasteiger partial charge on any atom is 0.329 e. The molecule has 0 saturated carbocycles. The fourth-order valence-corrected chi connectivity index (χ4v) is 2.18. The molecule has 1 aromatic rings. The number of benzene rings is 1. The number of hydrogen-bond acceptors (Lipinski definition) is 3. The van der Waals surface area contributed by atoms with Gasteiger partial charge in [-0.2, -0.15) is 0 Å². The molecule has 0 spiro atoms. The van der Waals surface area contributed by atoms with Crippen LogP contribution in [0.2, 0.25) is 0 Å². The third-order valence-corrected chi connectivity index (χ3v) is 3.29. The summed E-state index contributed by atoms with van der Waals surface area (Å²) in [5.41, 5.74) is -0.572. The lowest BCUT2D eigenvalue weighted by atomic mass is 9.95. The molecule has 0 aliphatic rings. The zero-order valence-corrected chi connectivity index (χ0v) is 12.8. The van der Waals surface area contributed by atoms with E-state index in [9.17, 15) is 14.7 Å². The van der Waals surface area contributed by atoms with Gasteiger partial charge in [0.2, 0.25) is 0 Å². The van der Waals surface area contributed by atoms with Crippen LogP contribution in [0.3, 0.4) is 0 Å². The van der Waals surface area contributed by atoms with Gasteiger partial charge >= 0.3 is 5.97 Å². The maximum atomic E-state index is 12.4. The summed E-state index contributed by atoms with van der Waals surface area (Å²) >= 11 is 0. The van der Waals surface area contributed by atoms with Crippen LogP contribution in [0.25, 0.3) is 0 Å². The Labute approximate surface area is 125 Å². The number of carbonyl (C=O) groups is 2. The van der Waals surface area contributed by atoms with E-state index in [2.05, 4.69) is 5.32 Å². The number of ether oxygens (including phenoxy) is 1. The van der Waals surface area contributed by atoms with Gasteiger partial charge in [-0.3, -0.25) is 4.79 Å². The van der Waals surface area contributed by atoms with E-state index in [1.165, 1.54) is 6.92 Å². The highest BCUT2D eigenvalue weighted by Crippen LogP contribution is 2.20. The molecule has 0 radical (unpaired) electrons. The summed E-state index contributed by atoms with van der Waals surface area (Å²) in [5.74, 6) is -1.47. The second kappa shape index (κ2) is 7.78. The van der Waals surface area contributed by atoms with Gasteiger partial charge in [-0.05, 0) is 25.8 Å². The number of amides is 1. The summed E-state index contributed by atoms with van der Waals surface area (Å²) in [5, 5.41) is 12.0. The van der Waals surface area contributed by atoms with E-state index in [0.717, 1.165) is 0 Å². The van der Waals surface area contributed by atoms with Crippen molar-refractivity contribution in [1.82, 2.24) is 5.32 Å². The van der Waals surface area contributed by atoms with E-state index in [-0.39, 0.29) is 0 Å². The standard InChI is InChI=1S/C16H23NO4/c1-4-11-16(3,15(19)20)17-14(18)13(21-5-2)12-9-7-6-8-10-12/h6-10,13H,4-5,11H2,1-3H3,(H,17,18)(H,19,20). The molecule has 0 aliphatic carbocycles. The van der Waals surface area contributed by atoms with E-state index in [0.29, 0.717) is 25.0 Å². The molecule has 1 amide bonds. The molecule has 0 aromatic heterocycles. The predicted molar refractivity (Wildman–Crippen MR) is 79.9 cm³/mol. The van der Waals surface area contributed by atoms with Gasteiger partial charge in [-0.25, -0.2) is 4.79 Å². The molecule has 5 heteroatoms. The topological polar surface area (TPSA) is 75.6 Å². The zero-order valence-electron chi connectivity index (χ0n) is 12.8. The van der Waals surface area contributed by atoms with Crippen LogP contribution < -0.4 is 5.32 Å². The molecule has 0 fully saturated rings. The van der Waals surface area contributed by atoms with Crippen LogP contribution in [0.4, 0.5) is 0 Å². The van der Waals surface area contributed by atoms with Crippen molar-refractivity contribution >= 4 is 11.9 Å². The lowest BCUT2D eigenvalue weighted by Crippen LogP contribution is -2.53. The van der Waals surface area contributed by atoms with Crippen molar-refractivity contribution in [2.24, 2.45) is 0 Å². The normalized spacial score (nSPS) is 15.0. The molecule has 1 rings (SSSR count). The molecule has 2 atom stereocenters. The van der Waals surface area contributed by atoms with Gasteiger partial charge in [0.25, 0.3) is 5.91 Å². The van der Waals surface area contributed by atoms with Crippen molar-refractivity contribution in [3.05, 3.63) is 35.9 Å². The molecular formula is C16H23NO4. The molecule has 2 unspecified atom stereocenters. The van der Waals surface area contributed by atoms with Gasteiger partial charge in [-0.1, -0.05) is 43.7 Å². The molecule has 21 heavy (non-hydrogen) atoms. The molecule has 2 N–H and O–H groups in total. The van der Waals surface area contributed by atoms with Crippen molar-refractivity contribution in [1.29, 1.82) is 0 Å². The largest absolute Gasteiger partial charge is 0.480 e. The fourth-order valence-electron chi connectivity index (χ4n) is 2.18. The molecule has 1 aromatic carbocycles. The third-order valence-electron chi connectivity index (χ3n) is 3.29. The quantitative estimate of drug-likeness (QED) is 0.772. The second-order valence-corrected chi connectivity index (χ2v) is 5.12. The van der Waals surface area contributed by atoms with Crippen LogP contribution >= 0.6 is 0 Å². The summed E-state index contributed by atoms with van der Waals surface area (Å²) in [6, 6.07) is 9.06. The monoisotopic (exact) mass is 293 g/mol. The zero-order chi connectivity index (χ0) is 15.9. The third kappa shape index (κ3) is 4.56. The van der Waals surface area contributed by atoms with Gasteiger partial charge in [0.05, 0.1) is 0 Å². The Kier molecular flexibility index (Phi) is 6.37. The van der Waals surface area contributed by atoms with Crippen LogP contribution in [0.5, 0.6) is 0 Å². The van der Waals surface area contributed by atoms with Crippen molar-refractivity contribution in [3.8, 4) is 0 Å². The van der Waals surface area contributed by atoms with E-state index in [1.807, 2.05) is 25.1 Å². The highest BCUT2D eigenvalue weighted by atomic mass is 16.5. The molecule has 116 valence electrons. The number of carboxylic acids is 1. The average molecular weight is 293 g/mol. The van der Waals surface area contributed by atoms with Crippen LogP contribution in [-0.4, -0.2) is 29.1 Å². The van der Waals surface area contributed by atoms with Crippen molar-refractivity contribution in [2.75, 3.05) is 6.61 Å². The Bertz CT molecular complexity index is 474. The number of carbonyl (C=O) groups excluding carboxylic acids is 1. The number of nitrogens with one attached hydrogen (secondary N) is 1. The number of carboxylic acid groups (broad SMARTS) is 1. The van der Waals surface area contributed by atoms with Crippen LogP contribution in [0.1, 0.15) is 45.3 Å². The molecular weight excluding hydrogens is 270 g/mol. The molecule has 0 saturated heterocycles. The molecule has 0 bridgehead atoms. The van der Waals surface area contributed by atoms with Crippen LogP contribution in [0.15, 0.2) is 30.3 Å². The summed E-state index contributed by atoms with van der Waals surface area (Å²) < 4.78 is 5.49. The minimum absolute atomic E-state index is 0.363. The van der Waals surface area contributed by atoms with E-state index >= 15 is 0 Å². The average Bonchev–Trinajstić information content (AvgIpc) is 2.45. The van der Waals surface area contributed by atoms with E-state index < -0.39 is 23.5 Å². The van der Waals surface area contributed by atoms with Gasteiger partial charge in [-0.15, -0.1) is 0 Å². The Morgan fingerprint density at radius 2 is 1.90 bits per heavy atom. The Morgan fingerprint density at radius 3 is 2.38 bits per heavy atom. The predicted octanol–water partition coefficient (Wildman–Crippen LogP) is 2.52. The Balaban J connectivity index is 2.94. The molecule has 0 heterocycles. The first kappa shape index (κ1) is 17.2. The first-order valence-electron chi connectivity index (χ1n) is 7.16. The van der Waals surface area contributed by atoms with Gasteiger partial charge in [0, 0.05) is 6.61 Å².